The van der Waals surface area contributed by atoms with Gasteiger partial charge < -0.3 is 14.5 Å². The van der Waals surface area contributed by atoms with Crippen molar-refractivity contribution in [1.82, 2.24) is 4.98 Å². The molecule has 1 aliphatic heterocycles. The van der Waals surface area contributed by atoms with E-state index in [4.69, 9.17) is 0 Å². The minimum absolute atomic E-state index is 0.0680. The molecule has 0 atom stereocenters. The molecule has 3 nitrogen and oxygen atoms in total. The van der Waals surface area contributed by atoms with Crippen molar-refractivity contribution < 1.29 is 18.3 Å². The van der Waals surface area contributed by atoms with Crippen LogP contribution >= 0.6 is 0 Å². The minimum Gasteiger partial charge on any atom is -0.395 e. The molecule has 0 radical (unpaired) electrons. The Morgan fingerprint density at radius 1 is 1.11 bits per heavy atom. The second-order valence-corrected chi connectivity index (χ2v) is 4.78. The fraction of sp³-hybridized carbons (Fsp3) is 0.286. The predicted octanol–water partition coefficient (Wildman–Crippen LogP) is 4.13. The second kappa shape index (κ2) is 3.98. The van der Waals surface area contributed by atoms with Crippen molar-refractivity contribution in [2.75, 3.05) is 0 Å². The lowest BCUT2D eigenvalue weighted by atomic mass is 9.96. The molecule has 2 aromatic rings. The second-order valence-electron chi connectivity index (χ2n) is 4.78. The van der Waals surface area contributed by atoms with E-state index in [0.29, 0.717) is 5.56 Å². The summed E-state index contributed by atoms with van der Waals surface area (Å²) in [5, 5.41) is 0. The van der Waals surface area contributed by atoms with E-state index in [9.17, 15) is 8.78 Å². The molecular weight excluding hydrogens is 252 g/mol. The number of fused-ring (bicyclic) bond motifs is 1. The average molecular weight is 265 g/mol. The van der Waals surface area contributed by atoms with Crippen LogP contribution in [-0.4, -0.2) is 11.3 Å². The molecule has 1 aromatic heterocycles. The minimum atomic E-state index is -3.59. The Morgan fingerprint density at radius 3 is 2.63 bits per heavy atom. The quantitative estimate of drug-likeness (QED) is 0.886. The van der Waals surface area contributed by atoms with E-state index in [-0.39, 0.29) is 17.4 Å². The normalized spacial score (nSPS) is 16.1. The van der Waals surface area contributed by atoms with Gasteiger partial charge in [-0.15, -0.1) is 8.78 Å². The summed E-state index contributed by atoms with van der Waals surface area (Å²) < 4.78 is 35.4. The Kier molecular flexibility index (Phi) is 2.52. The predicted molar refractivity (Wildman–Crippen MR) is 66.5 cm³/mol. The molecule has 0 aliphatic carbocycles. The molecule has 0 unspecified atom stereocenters. The van der Waals surface area contributed by atoms with E-state index in [2.05, 4.69) is 14.5 Å². The number of aromatic amines is 1. The molecule has 100 valence electrons. The van der Waals surface area contributed by atoms with E-state index >= 15 is 0 Å². The number of H-pyrrole nitrogens is 1. The number of ether oxygens (including phenoxy) is 2. The number of halogens is 2. The summed E-state index contributed by atoms with van der Waals surface area (Å²) in [6.45, 7) is 4.09. The highest BCUT2D eigenvalue weighted by molar-refractivity contribution is 5.76. The SMILES string of the molecule is CC(C)c1c[nH]cc1-c1cccc2c1OC(F)(F)O2. The summed E-state index contributed by atoms with van der Waals surface area (Å²) in [5.74, 6) is 0.437. The van der Waals surface area contributed by atoms with Crippen LogP contribution in [0.2, 0.25) is 0 Å². The van der Waals surface area contributed by atoms with Crippen LogP contribution in [0.25, 0.3) is 11.1 Å². The topological polar surface area (TPSA) is 34.2 Å². The number of aromatic nitrogens is 1. The molecule has 0 bridgehead atoms. The molecule has 1 aliphatic rings. The maximum absolute atomic E-state index is 13.2. The number of hydrogen-bond acceptors (Lipinski definition) is 2. The van der Waals surface area contributed by atoms with Gasteiger partial charge in [-0.05, 0) is 17.5 Å². The molecule has 0 saturated heterocycles. The number of nitrogens with one attached hydrogen (secondary N) is 1. The number of rotatable bonds is 2. The van der Waals surface area contributed by atoms with Gasteiger partial charge in [0.25, 0.3) is 0 Å². The summed E-state index contributed by atoms with van der Waals surface area (Å²) in [4.78, 5) is 3.01. The molecule has 3 rings (SSSR count). The first-order chi connectivity index (χ1) is 8.98. The summed E-state index contributed by atoms with van der Waals surface area (Å²) in [5.41, 5.74) is 2.51. The molecular formula is C14H13F2NO2. The fourth-order valence-electron chi connectivity index (χ4n) is 2.27. The van der Waals surface area contributed by atoms with Gasteiger partial charge in [-0.1, -0.05) is 26.0 Å². The van der Waals surface area contributed by atoms with E-state index in [1.165, 1.54) is 6.07 Å². The average Bonchev–Trinajstić information content (AvgIpc) is 2.89. The Hall–Kier alpha value is -2.04. The van der Waals surface area contributed by atoms with Crippen LogP contribution in [0, 0.1) is 0 Å². The Bertz CT molecular complexity index is 620. The first kappa shape index (κ1) is 12.0. The van der Waals surface area contributed by atoms with E-state index in [1.807, 2.05) is 20.0 Å². The summed E-state index contributed by atoms with van der Waals surface area (Å²) in [6, 6.07) is 4.90. The van der Waals surface area contributed by atoms with Crippen LogP contribution in [0.5, 0.6) is 11.5 Å². The van der Waals surface area contributed by atoms with Crippen LogP contribution in [0.15, 0.2) is 30.6 Å². The molecule has 2 heterocycles. The number of hydrogen-bond donors (Lipinski definition) is 1. The van der Waals surface area contributed by atoms with Gasteiger partial charge in [-0.25, -0.2) is 0 Å². The molecule has 0 amide bonds. The third kappa shape index (κ3) is 1.95. The van der Waals surface area contributed by atoms with Crippen LogP contribution in [-0.2, 0) is 0 Å². The lowest BCUT2D eigenvalue weighted by molar-refractivity contribution is -0.286. The van der Waals surface area contributed by atoms with Crippen molar-refractivity contribution >= 4 is 0 Å². The van der Waals surface area contributed by atoms with Gasteiger partial charge in [0.05, 0.1) is 0 Å². The van der Waals surface area contributed by atoms with Crippen molar-refractivity contribution in [2.45, 2.75) is 26.1 Å². The van der Waals surface area contributed by atoms with Gasteiger partial charge in [0.2, 0.25) is 0 Å². The zero-order chi connectivity index (χ0) is 13.6. The van der Waals surface area contributed by atoms with E-state index < -0.39 is 6.29 Å². The molecule has 5 heteroatoms. The number of para-hydroxylation sites is 1. The van der Waals surface area contributed by atoms with Crippen LogP contribution in [0.1, 0.15) is 25.3 Å². The molecule has 0 saturated carbocycles. The third-order valence-electron chi connectivity index (χ3n) is 3.12. The monoisotopic (exact) mass is 265 g/mol. The highest BCUT2D eigenvalue weighted by Crippen LogP contribution is 2.48. The fourth-order valence-corrected chi connectivity index (χ4v) is 2.27. The van der Waals surface area contributed by atoms with Gasteiger partial charge in [-0.2, -0.15) is 0 Å². The van der Waals surface area contributed by atoms with Crippen molar-refractivity contribution in [3.8, 4) is 22.6 Å². The summed E-state index contributed by atoms with van der Waals surface area (Å²) in [6.07, 6.45) is 0.0604. The van der Waals surface area contributed by atoms with Crippen molar-refractivity contribution in [2.24, 2.45) is 0 Å². The van der Waals surface area contributed by atoms with Crippen molar-refractivity contribution in [3.05, 3.63) is 36.2 Å². The summed E-state index contributed by atoms with van der Waals surface area (Å²) >= 11 is 0. The maximum Gasteiger partial charge on any atom is 0.586 e. The zero-order valence-corrected chi connectivity index (χ0v) is 10.5. The molecule has 0 fully saturated rings. The molecule has 1 aromatic carbocycles. The first-order valence-electron chi connectivity index (χ1n) is 6.04. The maximum atomic E-state index is 13.2. The lowest BCUT2D eigenvalue weighted by Crippen LogP contribution is -2.26. The van der Waals surface area contributed by atoms with Gasteiger partial charge in [0.15, 0.2) is 11.5 Å². The molecule has 0 spiro atoms. The number of alkyl halides is 2. The van der Waals surface area contributed by atoms with Gasteiger partial charge in [-0.3, -0.25) is 0 Å². The Morgan fingerprint density at radius 2 is 1.89 bits per heavy atom. The van der Waals surface area contributed by atoms with Crippen molar-refractivity contribution in [3.63, 3.8) is 0 Å². The van der Waals surface area contributed by atoms with Gasteiger partial charge in [0, 0.05) is 23.5 Å². The standard InChI is InChI=1S/C14H13F2NO2/c1-8(2)10-6-17-7-11(10)9-4-3-5-12-13(9)19-14(15,16)18-12/h3-8,17H,1-2H3. The van der Waals surface area contributed by atoms with E-state index in [1.54, 1.807) is 18.3 Å². The molecule has 19 heavy (non-hydrogen) atoms. The van der Waals surface area contributed by atoms with Crippen molar-refractivity contribution in [1.29, 1.82) is 0 Å². The van der Waals surface area contributed by atoms with E-state index in [0.717, 1.165) is 11.1 Å². The first-order valence-corrected chi connectivity index (χ1v) is 6.04. The van der Waals surface area contributed by atoms with Crippen LogP contribution in [0.4, 0.5) is 8.78 Å². The largest absolute Gasteiger partial charge is 0.586 e. The third-order valence-corrected chi connectivity index (χ3v) is 3.12. The lowest BCUT2D eigenvalue weighted by Gasteiger charge is -2.10. The zero-order valence-electron chi connectivity index (χ0n) is 10.5. The van der Waals surface area contributed by atoms with Gasteiger partial charge in [0.1, 0.15) is 0 Å². The highest BCUT2D eigenvalue weighted by atomic mass is 19.3. The van der Waals surface area contributed by atoms with Crippen LogP contribution in [0.3, 0.4) is 0 Å². The highest BCUT2D eigenvalue weighted by Gasteiger charge is 2.44. The Balaban J connectivity index is 2.13. The molecule has 1 N–H and O–H groups in total. The van der Waals surface area contributed by atoms with Gasteiger partial charge >= 0.3 is 6.29 Å². The summed E-state index contributed by atoms with van der Waals surface area (Å²) in [7, 11) is 0. The number of benzene rings is 1. The van der Waals surface area contributed by atoms with Crippen LogP contribution < -0.4 is 9.47 Å². The Labute approximate surface area is 109 Å². The smallest absolute Gasteiger partial charge is 0.395 e.